The number of aliphatic hydroxyl groups is 1. The van der Waals surface area contributed by atoms with E-state index >= 15 is 0 Å². The number of aliphatic carboxylic acids is 1. The Morgan fingerprint density at radius 3 is 2.21 bits per heavy atom. The molecule has 43 heavy (non-hydrogen) atoms. The molecule has 0 amide bonds. The molecule has 1 aliphatic heterocycles. The minimum Gasteiger partial charge on any atom is -0.481 e. The molecule has 0 aromatic heterocycles. The first-order valence-electron chi connectivity index (χ1n) is 15.0. The summed E-state index contributed by atoms with van der Waals surface area (Å²) in [5, 5.41) is 22.6. The quantitative estimate of drug-likeness (QED) is 0.112. The van der Waals surface area contributed by atoms with Gasteiger partial charge in [-0.3, -0.25) is 4.79 Å². The average molecular weight is 633 g/mol. The molecule has 1 aliphatic rings. The van der Waals surface area contributed by atoms with Crippen LogP contribution < -0.4 is 10.4 Å². The highest BCUT2D eigenvalue weighted by Gasteiger charge is 2.53. The summed E-state index contributed by atoms with van der Waals surface area (Å²) in [7, 11) is -2.91. The first-order chi connectivity index (χ1) is 20.5. The number of carbonyl (C=O) groups is 1. The van der Waals surface area contributed by atoms with Gasteiger partial charge in [0.2, 0.25) is 0 Å². The number of carboxylic acid groups (broad SMARTS) is 1. The Morgan fingerprint density at radius 2 is 1.70 bits per heavy atom. The molecule has 6 atom stereocenters. The molecule has 2 aromatic rings. The summed E-state index contributed by atoms with van der Waals surface area (Å²) in [6.07, 6.45) is -1.54. The zero-order valence-electron chi connectivity index (χ0n) is 26.0. The molecular weight excluding hydrogens is 585 g/mol. The van der Waals surface area contributed by atoms with Crippen LogP contribution in [0, 0.1) is 0 Å². The van der Waals surface area contributed by atoms with E-state index in [1.165, 1.54) is 11.8 Å². The van der Waals surface area contributed by atoms with Gasteiger partial charge in [0.1, 0.15) is 29.9 Å². The van der Waals surface area contributed by atoms with Gasteiger partial charge in [-0.25, -0.2) is 0 Å². The minimum absolute atomic E-state index is 0.0458. The second-order valence-electron chi connectivity index (χ2n) is 11.6. The fraction of sp³-hybridized carbons (Fsp3) is 0.545. The van der Waals surface area contributed by atoms with Crippen LogP contribution in [-0.4, -0.2) is 86.2 Å². The van der Waals surface area contributed by atoms with Gasteiger partial charge in [0, 0.05) is 13.0 Å². The van der Waals surface area contributed by atoms with Crippen molar-refractivity contribution in [3.8, 4) is 0 Å². The summed E-state index contributed by atoms with van der Waals surface area (Å²) < 4.78 is 32.0. The zero-order valence-corrected chi connectivity index (χ0v) is 27.8. The van der Waals surface area contributed by atoms with Crippen molar-refractivity contribution in [2.75, 3.05) is 25.6 Å². The topological polar surface area (TPSA) is 104 Å². The van der Waals surface area contributed by atoms with E-state index in [1.807, 2.05) is 50.2 Å². The maximum absolute atomic E-state index is 11.4. The molecule has 0 unspecified atom stereocenters. The highest BCUT2D eigenvalue weighted by molar-refractivity contribution is 7.99. The molecule has 8 nitrogen and oxygen atoms in total. The molecule has 1 fully saturated rings. The third-order valence-corrected chi connectivity index (χ3v) is 13.7. The summed E-state index contributed by atoms with van der Waals surface area (Å²) in [4.78, 5) is 11.1. The molecule has 0 spiro atoms. The van der Waals surface area contributed by atoms with Gasteiger partial charge in [-0.1, -0.05) is 87.5 Å². The average Bonchev–Trinajstić information content (AvgIpc) is 2.97. The summed E-state index contributed by atoms with van der Waals surface area (Å²) in [6, 6.07) is 20.7. The van der Waals surface area contributed by atoms with Crippen LogP contribution in [0.25, 0.3) is 0 Å². The molecule has 2 N–H and O–H groups in total. The molecule has 238 valence electrons. The zero-order chi connectivity index (χ0) is 31.5. The summed E-state index contributed by atoms with van der Waals surface area (Å²) in [6.45, 7) is 15.0. The Morgan fingerprint density at radius 1 is 1.09 bits per heavy atom. The van der Waals surface area contributed by atoms with E-state index < -0.39 is 50.4 Å². The third-order valence-electron chi connectivity index (χ3n) is 7.47. The van der Waals surface area contributed by atoms with Crippen LogP contribution in [-0.2, 0) is 28.2 Å². The summed E-state index contributed by atoms with van der Waals surface area (Å²) in [5.74, 6) is -0.349. The predicted octanol–water partition coefficient (Wildman–Crippen LogP) is 4.59. The van der Waals surface area contributed by atoms with Crippen molar-refractivity contribution < 1.29 is 38.4 Å². The molecule has 0 aliphatic carbocycles. The number of rotatable bonds is 17. The number of thioether (sulfide) groups is 1. The molecule has 0 saturated carbocycles. The van der Waals surface area contributed by atoms with Crippen molar-refractivity contribution in [3.63, 3.8) is 0 Å². The van der Waals surface area contributed by atoms with Crippen molar-refractivity contribution in [2.45, 2.75) is 88.6 Å². The Bertz CT molecular complexity index is 1070. The molecule has 1 saturated heterocycles. The number of hydrogen-bond acceptors (Lipinski definition) is 8. The molecule has 0 bridgehead atoms. The fourth-order valence-corrected chi connectivity index (χ4v) is 11.3. The first-order valence-corrected chi connectivity index (χ1v) is 17.9. The number of ether oxygens (including phenoxy) is 4. The normalized spacial score (nSPS) is 23.5. The third kappa shape index (κ3) is 9.24. The molecule has 2 aromatic carbocycles. The monoisotopic (exact) mass is 632 g/mol. The lowest BCUT2D eigenvalue weighted by Crippen LogP contribution is -2.68. The van der Waals surface area contributed by atoms with E-state index in [-0.39, 0.29) is 24.7 Å². The van der Waals surface area contributed by atoms with Crippen LogP contribution in [0.5, 0.6) is 0 Å². The predicted molar refractivity (Wildman–Crippen MR) is 173 cm³/mol. The van der Waals surface area contributed by atoms with E-state index in [0.717, 1.165) is 10.4 Å². The van der Waals surface area contributed by atoms with Crippen LogP contribution in [0.15, 0.2) is 73.3 Å². The van der Waals surface area contributed by atoms with Crippen LogP contribution in [0.4, 0.5) is 0 Å². The lowest BCUT2D eigenvalue weighted by Gasteiger charge is -2.47. The van der Waals surface area contributed by atoms with Crippen molar-refractivity contribution >= 4 is 36.4 Å². The number of carboxylic acids is 1. The van der Waals surface area contributed by atoms with E-state index in [0.29, 0.717) is 18.8 Å². The van der Waals surface area contributed by atoms with Crippen LogP contribution in [0.2, 0.25) is 5.04 Å². The lowest BCUT2D eigenvalue weighted by atomic mass is 9.99. The van der Waals surface area contributed by atoms with Gasteiger partial charge >= 0.3 is 5.97 Å². The molecule has 3 rings (SSSR count). The minimum atomic E-state index is -2.91. The molecule has 10 heteroatoms. The maximum Gasteiger partial charge on any atom is 0.303 e. The smallest absolute Gasteiger partial charge is 0.303 e. The van der Waals surface area contributed by atoms with Crippen LogP contribution in [0.1, 0.15) is 47.5 Å². The van der Waals surface area contributed by atoms with Crippen molar-refractivity contribution in [2.24, 2.45) is 0 Å². The highest BCUT2D eigenvalue weighted by atomic mass is 32.2. The van der Waals surface area contributed by atoms with Gasteiger partial charge in [0.15, 0.2) is 6.29 Å². The Labute approximate surface area is 261 Å². The van der Waals surface area contributed by atoms with Crippen LogP contribution >= 0.6 is 11.8 Å². The number of aliphatic hydroxyl groups excluding tert-OH is 1. The van der Waals surface area contributed by atoms with E-state index in [1.54, 1.807) is 6.08 Å². The van der Waals surface area contributed by atoms with Gasteiger partial charge in [-0.05, 0) is 41.4 Å². The maximum atomic E-state index is 11.4. The van der Waals surface area contributed by atoms with Gasteiger partial charge < -0.3 is 33.6 Å². The number of hydrogen-bond donors (Lipinski definition) is 2. The highest BCUT2D eigenvalue weighted by Crippen LogP contribution is 2.39. The SMILES string of the molecule is C=CCO[C@@H]1[C@@H](O)[C@H](SCCCC(=O)O)O[C@H](CO[Si](c2ccccc2)(c2ccccc2)C(C)(C)C)[C@@H]1O[C@H](C)OCC. The van der Waals surface area contributed by atoms with Gasteiger partial charge in [-0.2, -0.15) is 0 Å². The second-order valence-corrected chi connectivity index (χ2v) is 17.1. The van der Waals surface area contributed by atoms with E-state index in [4.69, 9.17) is 28.5 Å². The molecule has 1 heterocycles. The molecule has 0 radical (unpaired) electrons. The fourth-order valence-electron chi connectivity index (χ4n) is 5.59. The first kappa shape index (κ1) is 35.5. The summed E-state index contributed by atoms with van der Waals surface area (Å²) >= 11 is 1.38. The van der Waals surface area contributed by atoms with E-state index in [9.17, 15) is 9.90 Å². The van der Waals surface area contributed by atoms with Crippen molar-refractivity contribution in [1.29, 1.82) is 0 Å². The van der Waals surface area contributed by atoms with Crippen molar-refractivity contribution in [3.05, 3.63) is 73.3 Å². The van der Waals surface area contributed by atoms with Crippen molar-refractivity contribution in [1.82, 2.24) is 0 Å². The Kier molecular flexibility index (Phi) is 13.9. The number of benzene rings is 2. The second kappa shape index (κ2) is 16.9. The van der Waals surface area contributed by atoms with Crippen LogP contribution in [0.3, 0.4) is 0 Å². The summed E-state index contributed by atoms with van der Waals surface area (Å²) in [5.41, 5.74) is -0.668. The van der Waals surface area contributed by atoms with Gasteiger partial charge in [0.05, 0.1) is 13.2 Å². The largest absolute Gasteiger partial charge is 0.481 e. The standard InChI is InChI=1S/C33H48O8SSi/c1-7-21-38-31-29(36)32(42-22-15-20-28(34)35)41-27(30(31)40-24(3)37-8-2)23-39-43(33(4,5)6,25-16-11-9-12-17-25)26-18-13-10-14-19-26/h7,9-14,16-19,24,27,29-32,36H,1,8,15,20-23H2,2-6H3,(H,34,35)/t24-,27-,29-,30+,31-,32+/m1/s1. The molecular formula is C33H48O8SSi. The Balaban J connectivity index is 2.02. The van der Waals surface area contributed by atoms with E-state index in [2.05, 4.69) is 51.6 Å². The van der Waals surface area contributed by atoms with Gasteiger partial charge in [0.25, 0.3) is 8.32 Å². The van der Waals surface area contributed by atoms with Gasteiger partial charge in [-0.15, -0.1) is 18.3 Å². The Hall–Kier alpha value is -2.02. The lowest BCUT2D eigenvalue weighted by molar-refractivity contribution is -0.270.